The van der Waals surface area contributed by atoms with Crippen LogP contribution in [0.1, 0.15) is 11.4 Å². The molecule has 0 atom stereocenters. The fraction of sp³-hybridized carbons (Fsp3) is 0.200. The predicted molar refractivity (Wildman–Crippen MR) is 89.0 cm³/mol. The van der Waals surface area contributed by atoms with E-state index in [-0.39, 0.29) is 5.56 Å². The number of thiophene rings is 1. The van der Waals surface area contributed by atoms with E-state index in [0.717, 1.165) is 17.9 Å². The van der Waals surface area contributed by atoms with Gasteiger partial charge in [-0.2, -0.15) is 0 Å². The van der Waals surface area contributed by atoms with Gasteiger partial charge in [0.1, 0.15) is 10.5 Å². The average Bonchev–Trinajstić information content (AvgIpc) is 2.96. The van der Waals surface area contributed by atoms with Crippen LogP contribution in [-0.4, -0.2) is 17.0 Å². The highest BCUT2D eigenvalue weighted by molar-refractivity contribution is 7.98. The van der Waals surface area contributed by atoms with E-state index in [1.807, 2.05) is 18.5 Å². The number of aromatic amines is 1. The Balaban J connectivity index is 1.72. The Hall–Kier alpha value is -1.63. The molecule has 0 amide bonds. The number of rotatable bonds is 5. The quantitative estimate of drug-likeness (QED) is 0.710. The van der Waals surface area contributed by atoms with Gasteiger partial charge in [-0.15, -0.1) is 23.1 Å². The van der Waals surface area contributed by atoms with Crippen LogP contribution in [0, 0.1) is 0 Å². The number of hydrogen-bond donors (Lipinski definition) is 2. The van der Waals surface area contributed by atoms with Gasteiger partial charge in [-0.1, -0.05) is 12.1 Å². The van der Waals surface area contributed by atoms with Gasteiger partial charge in [0.25, 0.3) is 5.56 Å². The van der Waals surface area contributed by atoms with E-state index in [2.05, 4.69) is 39.6 Å². The van der Waals surface area contributed by atoms with Crippen molar-refractivity contribution in [1.29, 1.82) is 0 Å². The number of fused-ring (bicyclic) bond motifs is 1. The number of aromatic nitrogens is 2. The molecular weight excluding hydrogens is 302 g/mol. The third-order valence-corrected chi connectivity index (χ3v) is 4.97. The molecule has 3 aromatic rings. The van der Waals surface area contributed by atoms with E-state index < -0.39 is 0 Å². The second-order valence-electron chi connectivity index (χ2n) is 4.61. The van der Waals surface area contributed by atoms with Gasteiger partial charge in [0.05, 0.1) is 11.3 Å². The molecular formula is C15H15N3OS2. The minimum absolute atomic E-state index is 0.0463. The summed E-state index contributed by atoms with van der Waals surface area (Å²) in [5.74, 6) is 1.38. The molecule has 2 N–H and O–H groups in total. The molecule has 0 aliphatic carbocycles. The third-order valence-electron chi connectivity index (χ3n) is 3.04. The Labute approximate surface area is 130 Å². The molecule has 0 radical (unpaired) electrons. The lowest BCUT2D eigenvalue weighted by atomic mass is 10.2. The standard InChI is InChI=1S/C15H15N3OS2/c1-16-8-10-2-4-11(5-3-10)21-9-13-17-12-6-7-20-14(12)15(19)18-13/h2-7,16H,8-9H2,1H3,(H,17,18,19). The summed E-state index contributed by atoms with van der Waals surface area (Å²) in [6.07, 6.45) is 0. The molecule has 21 heavy (non-hydrogen) atoms. The van der Waals surface area contributed by atoms with Crippen LogP contribution in [0.3, 0.4) is 0 Å². The van der Waals surface area contributed by atoms with Crippen molar-refractivity contribution in [2.24, 2.45) is 0 Å². The Morgan fingerprint density at radius 3 is 2.86 bits per heavy atom. The lowest BCUT2D eigenvalue weighted by Crippen LogP contribution is -2.09. The first kappa shape index (κ1) is 14.3. The molecule has 2 heterocycles. The molecule has 6 heteroatoms. The summed E-state index contributed by atoms with van der Waals surface area (Å²) < 4.78 is 0.695. The van der Waals surface area contributed by atoms with E-state index in [9.17, 15) is 4.79 Å². The molecule has 0 aliphatic rings. The van der Waals surface area contributed by atoms with Crippen molar-refractivity contribution in [2.75, 3.05) is 7.05 Å². The lowest BCUT2D eigenvalue weighted by Gasteiger charge is -2.04. The average molecular weight is 317 g/mol. The van der Waals surface area contributed by atoms with Gasteiger partial charge in [-0.05, 0) is 36.2 Å². The molecule has 0 fully saturated rings. The van der Waals surface area contributed by atoms with E-state index in [0.29, 0.717) is 10.5 Å². The van der Waals surface area contributed by atoms with Crippen molar-refractivity contribution < 1.29 is 0 Å². The van der Waals surface area contributed by atoms with Gasteiger partial charge in [-0.3, -0.25) is 4.79 Å². The highest BCUT2D eigenvalue weighted by atomic mass is 32.2. The minimum atomic E-state index is -0.0463. The van der Waals surface area contributed by atoms with Crippen LogP contribution in [-0.2, 0) is 12.3 Å². The number of thioether (sulfide) groups is 1. The number of hydrogen-bond acceptors (Lipinski definition) is 5. The van der Waals surface area contributed by atoms with Crippen LogP contribution in [0.25, 0.3) is 10.2 Å². The lowest BCUT2D eigenvalue weighted by molar-refractivity contribution is 0.817. The van der Waals surface area contributed by atoms with Crippen LogP contribution >= 0.6 is 23.1 Å². The molecule has 0 spiro atoms. The fourth-order valence-electron chi connectivity index (χ4n) is 2.05. The van der Waals surface area contributed by atoms with Crippen LogP contribution in [0.4, 0.5) is 0 Å². The molecule has 0 aliphatic heterocycles. The molecule has 0 unspecified atom stereocenters. The fourth-order valence-corrected chi connectivity index (χ4v) is 3.54. The van der Waals surface area contributed by atoms with Crippen LogP contribution in [0.5, 0.6) is 0 Å². The number of nitrogens with one attached hydrogen (secondary N) is 2. The molecule has 0 saturated carbocycles. The van der Waals surface area contributed by atoms with Gasteiger partial charge in [0.15, 0.2) is 0 Å². The molecule has 2 aromatic heterocycles. The van der Waals surface area contributed by atoms with Crippen molar-refractivity contribution in [1.82, 2.24) is 15.3 Å². The molecule has 3 rings (SSSR count). The SMILES string of the molecule is CNCc1ccc(SCc2nc3ccsc3c(=O)[nH]2)cc1. The van der Waals surface area contributed by atoms with Gasteiger partial charge in [-0.25, -0.2) is 4.98 Å². The Morgan fingerprint density at radius 1 is 1.29 bits per heavy atom. The summed E-state index contributed by atoms with van der Waals surface area (Å²) in [7, 11) is 1.94. The maximum absolute atomic E-state index is 11.9. The number of H-pyrrole nitrogens is 1. The van der Waals surface area contributed by atoms with E-state index in [4.69, 9.17) is 0 Å². The molecule has 4 nitrogen and oxygen atoms in total. The van der Waals surface area contributed by atoms with Crippen LogP contribution in [0.2, 0.25) is 0 Å². The first-order valence-electron chi connectivity index (χ1n) is 6.59. The molecule has 0 saturated heterocycles. The maximum Gasteiger partial charge on any atom is 0.268 e. The maximum atomic E-state index is 11.9. The second-order valence-corrected chi connectivity index (χ2v) is 6.58. The van der Waals surface area contributed by atoms with Gasteiger partial charge in [0.2, 0.25) is 0 Å². The van der Waals surface area contributed by atoms with Gasteiger partial charge >= 0.3 is 0 Å². The Morgan fingerprint density at radius 2 is 2.10 bits per heavy atom. The smallest absolute Gasteiger partial charge is 0.268 e. The van der Waals surface area contributed by atoms with Crippen molar-refractivity contribution in [3.05, 3.63) is 57.5 Å². The Kier molecular flexibility index (Phi) is 4.38. The summed E-state index contributed by atoms with van der Waals surface area (Å²) in [6, 6.07) is 10.3. The molecule has 0 bridgehead atoms. The van der Waals surface area contributed by atoms with Crippen molar-refractivity contribution in [3.63, 3.8) is 0 Å². The third kappa shape index (κ3) is 3.34. The van der Waals surface area contributed by atoms with Crippen molar-refractivity contribution in [2.45, 2.75) is 17.2 Å². The van der Waals surface area contributed by atoms with E-state index in [1.165, 1.54) is 21.8 Å². The number of benzene rings is 1. The monoisotopic (exact) mass is 317 g/mol. The zero-order valence-electron chi connectivity index (χ0n) is 11.6. The minimum Gasteiger partial charge on any atom is -0.316 e. The zero-order valence-corrected chi connectivity index (χ0v) is 13.2. The highest BCUT2D eigenvalue weighted by Gasteiger charge is 2.05. The first-order chi connectivity index (χ1) is 10.3. The summed E-state index contributed by atoms with van der Waals surface area (Å²) in [5, 5.41) is 5.02. The highest BCUT2D eigenvalue weighted by Crippen LogP contribution is 2.22. The Bertz CT molecular complexity index is 793. The largest absolute Gasteiger partial charge is 0.316 e. The van der Waals surface area contributed by atoms with Crippen molar-refractivity contribution >= 4 is 33.3 Å². The van der Waals surface area contributed by atoms with Crippen molar-refractivity contribution in [3.8, 4) is 0 Å². The van der Waals surface area contributed by atoms with Crippen LogP contribution < -0.4 is 10.9 Å². The summed E-state index contributed by atoms with van der Waals surface area (Å²) in [5.41, 5.74) is 1.99. The van der Waals surface area contributed by atoms with Gasteiger partial charge in [0, 0.05) is 11.4 Å². The van der Waals surface area contributed by atoms with E-state index >= 15 is 0 Å². The first-order valence-corrected chi connectivity index (χ1v) is 8.45. The molecule has 1 aromatic carbocycles. The van der Waals surface area contributed by atoms with E-state index in [1.54, 1.807) is 11.8 Å². The van der Waals surface area contributed by atoms with Gasteiger partial charge < -0.3 is 10.3 Å². The van der Waals surface area contributed by atoms with Crippen LogP contribution in [0.15, 0.2) is 45.4 Å². The zero-order chi connectivity index (χ0) is 14.7. The summed E-state index contributed by atoms with van der Waals surface area (Å²) >= 11 is 3.09. The molecule has 108 valence electrons. The number of nitrogens with zero attached hydrogens (tertiary/aromatic N) is 1. The topological polar surface area (TPSA) is 57.8 Å². The second kappa shape index (κ2) is 6.43. The summed E-state index contributed by atoms with van der Waals surface area (Å²) in [6.45, 7) is 0.870. The normalized spacial score (nSPS) is 11.1. The predicted octanol–water partition coefficient (Wildman–Crippen LogP) is 3.00. The summed E-state index contributed by atoms with van der Waals surface area (Å²) in [4.78, 5) is 20.4.